The summed E-state index contributed by atoms with van der Waals surface area (Å²) in [6, 6.07) is 4.26. The summed E-state index contributed by atoms with van der Waals surface area (Å²) in [6.07, 6.45) is 8.01. The van der Waals surface area contributed by atoms with E-state index in [2.05, 4.69) is 24.1 Å². The van der Waals surface area contributed by atoms with Crippen LogP contribution >= 0.6 is 0 Å². The molecule has 1 saturated carbocycles. The van der Waals surface area contributed by atoms with Gasteiger partial charge in [0.1, 0.15) is 0 Å². The Morgan fingerprint density at radius 1 is 1.38 bits per heavy atom. The highest BCUT2D eigenvalue weighted by Crippen LogP contribution is 2.56. The van der Waals surface area contributed by atoms with Crippen molar-refractivity contribution in [3.63, 3.8) is 0 Å². The van der Waals surface area contributed by atoms with Gasteiger partial charge < -0.3 is 0 Å². The zero-order valence-corrected chi connectivity index (χ0v) is 7.88. The van der Waals surface area contributed by atoms with Gasteiger partial charge in [-0.2, -0.15) is 0 Å². The minimum absolute atomic E-state index is 0.494. The topological polar surface area (TPSA) is 12.9 Å². The van der Waals surface area contributed by atoms with Crippen molar-refractivity contribution in [2.24, 2.45) is 5.41 Å². The van der Waals surface area contributed by atoms with Gasteiger partial charge in [0.15, 0.2) is 0 Å². The smallest absolute Gasteiger partial charge is 0.0516 e. The Morgan fingerprint density at radius 3 is 3.00 bits per heavy atom. The van der Waals surface area contributed by atoms with Crippen LogP contribution < -0.4 is 0 Å². The molecular weight excluding hydrogens is 158 g/mol. The normalized spacial score (nSPS) is 22.4. The Labute approximate surface area is 78.5 Å². The van der Waals surface area contributed by atoms with Gasteiger partial charge in [-0.05, 0) is 35.5 Å². The third kappa shape index (κ3) is 0.963. The molecule has 13 heavy (non-hydrogen) atoms. The van der Waals surface area contributed by atoms with E-state index in [9.17, 15) is 0 Å². The van der Waals surface area contributed by atoms with Crippen molar-refractivity contribution >= 4 is 5.57 Å². The molecule has 0 radical (unpaired) electrons. The third-order valence-electron chi connectivity index (χ3n) is 3.33. The van der Waals surface area contributed by atoms with Crippen molar-refractivity contribution in [2.45, 2.75) is 26.2 Å². The molecule has 0 bridgehead atoms. The maximum absolute atomic E-state index is 4.40. The number of nitrogens with zero attached hydrogens (tertiary/aromatic N) is 1. The van der Waals surface area contributed by atoms with Crippen LogP contribution in [-0.2, 0) is 6.42 Å². The number of hydrogen-bond donors (Lipinski definition) is 0. The highest BCUT2D eigenvalue weighted by molar-refractivity contribution is 5.77. The number of fused-ring (bicyclic) bond motifs is 1. The zero-order valence-electron chi connectivity index (χ0n) is 7.88. The largest absolute Gasteiger partial charge is 0.260 e. The molecule has 0 aliphatic heterocycles. The van der Waals surface area contributed by atoms with Gasteiger partial charge in [-0.15, -0.1) is 0 Å². The highest BCUT2D eigenvalue weighted by atomic mass is 14.7. The molecule has 1 heterocycles. The monoisotopic (exact) mass is 171 g/mol. The van der Waals surface area contributed by atoms with Crippen LogP contribution in [0.4, 0.5) is 0 Å². The van der Waals surface area contributed by atoms with Crippen LogP contribution in [0.3, 0.4) is 0 Å². The van der Waals surface area contributed by atoms with Crippen molar-refractivity contribution in [1.82, 2.24) is 4.98 Å². The Morgan fingerprint density at radius 2 is 2.23 bits per heavy atom. The lowest BCUT2D eigenvalue weighted by atomic mass is 9.94. The number of allylic oxidation sites excluding steroid dienone is 2. The van der Waals surface area contributed by atoms with E-state index in [0.717, 1.165) is 6.42 Å². The van der Waals surface area contributed by atoms with Gasteiger partial charge >= 0.3 is 0 Å². The van der Waals surface area contributed by atoms with E-state index >= 15 is 0 Å². The summed E-state index contributed by atoms with van der Waals surface area (Å²) >= 11 is 0. The maximum atomic E-state index is 4.40. The van der Waals surface area contributed by atoms with Crippen LogP contribution in [0.15, 0.2) is 24.4 Å². The first kappa shape index (κ1) is 7.31. The lowest BCUT2D eigenvalue weighted by Crippen LogP contribution is -1.97. The Balaban J connectivity index is 2.10. The average Bonchev–Trinajstić information content (AvgIpc) is 2.76. The molecule has 1 nitrogen and oxygen atoms in total. The van der Waals surface area contributed by atoms with Crippen molar-refractivity contribution in [3.05, 3.63) is 35.7 Å². The molecule has 1 aromatic heterocycles. The molecule has 0 spiro atoms. The van der Waals surface area contributed by atoms with Gasteiger partial charge in [-0.1, -0.05) is 19.1 Å². The lowest BCUT2D eigenvalue weighted by Gasteiger charge is -2.11. The molecule has 2 aliphatic carbocycles. The molecule has 0 aromatic carbocycles. The van der Waals surface area contributed by atoms with Crippen molar-refractivity contribution in [2.75, 3.05) is 0 Å². The number of aromatic nitrogens is 1. The van der Waals surface area contributed by atoms with E-state index in [-0.39, 0.29) is 0 Å². The highest BCUT2D eigenvalue weighted by Gasteiger charge is 2.43. The van der Waals surface area contributed by atoms with Gasteiger partial charge in [-0.25, -0.2) is 0 Å². The summed E-state index contributed by atoms with van der Waals surface area (Å²) in [5, 5.41) is 0. The second-order valence-electron chi connectivity index (χ2n) is 4.38. The van der Waals surface area contributed by atoms with Gasteiger partial charge in [0, 0.05) is 12.6 Å². The van der Waals surface area contributed by atoms with Crippen LogP contribution in [0.2, 0.25) is 0 Å². The lowest BCUT2D eigenvalue weighted by molar-refractivity contribution is 0.775. The fourth-order valence-corrected chi connectivity index (χ4v) is 2.18. The summed E-state index contributed by atoms with van der Waals surface area (Å²) in [6.45, 7) is 2.36. The molecule has 0 atom stereocenters. The van der Waals surface area contributed by atoms with Crippen molar-refractivity contribution < 1.29 is 0 Å². The van der Waals surface area contributed by atoms with Gasteiger partial charge in [0.05, 0.1) is 5.69 Å². The molecule has 66 valence electrons. The first-order chi connectivity index (χ1) is 6.30. The standard InChI is InChI=1S/C12H13N/c1-12(6-7-12)10-4-5-11-9(10)3-2-8-13-11/h2-4,8H,5-7H2,1H3. The van der Waals surface area contributed by atoms with Crippen LogP contribution in [0, 0.1) is 5.41 Å². The number of hydrogen-bond acceptors (Lipinski definition) is 1. The second kappa shape index (κ2) is 2.22. The molecule has 0 N–H and O–H groups in total. The van der Waals surface area contributed by atoms with E-state index in [4.69, 9.17) is 0 Å². The molecule has 1 heteroatoms. The summed E-state index contributed by atoms with van der Waals surface area (Å²) in [5.41, 5.74) is 4.72. The van der Waals surface area contributed by atoms with Crippen LogP contribution in [-0.4, -0.2) is 4.98 Å². The Hall–Kier alpha value is -1.11. The minimum atomic E-state index is 0.494. The van der Waals surface area contributed by atoms with Crippen LogP contribution in [0.1, 0.15) is 31.0 Å². The van der Waals surface area contributed by atoms with Crippen molar-refractivity contribution in [1.29, 1.82) is 0 Å². The molecule has 1 fully saturated rings. The molecular formula is C12H13N. The van der Waals surface area contributed by atoms with E-state index in [1.807, 2.05) is 12.3 Å². The maximum Gasteiger partial charge on any atom is 0.0516 e. The van der Waals surface area contributed by atoms with E-state index in [1.165, 1.54) is 24.1 Å². The fraction of sp³-hybridized carbons (Fsp3) is 0.417. The van der Waals surface area contributed by atoms with Gasteiger partial charge in [0.2, 0.25) is 0 Å². The zero-order chi connectivity index (χ0) is 8.89. The first-order valence-electron chi connectivity index (χ1n) is 4.94. The Kier molecular flexibility index (Phi) is 1.25. The average molecular weight is 171 g/mol. The first-order valence-corrected chi connectivity index (χ1v) is 4.94. The molecule has 2 aliphatic rings. The summed E-state index contributed by atoms with van der Waals surface area (Å²) in [7, 11) is 0. The second-order valence-corrected chi connectivity index (χ2v) is 4.38. The fourth-order valence-electron chi connectivity index (χ4n) is 2.18. The summed E-state index contributed by atoms with van der Waals surface area (Å²) < 4.78 is 0. The summed E-state index contributed by atoms with van der Waals surface area (Å²) in [5.74, 6) is 0. The van der Waals surface area contributed by atoms with E-state index in [0.29, 0.717) is 5.41 Å². The SMILES string of the molecule is CC1(C2=CCc3ncccc32)CC1. The molecule has 0 amide bonds. The van der Waals surface area contributed by atoms with E-state index < -0.39 is 0 Å². The van der Waals surface area contributed by atoms with Crippen LogP contribution in [0.25, 0.3) is 5.57 Å². The number of pyridine rings is 1. The Bertz CT molecular complexity index is 386. The molecule has 3 rings (SSSR count). The van der Waals surface area contributed by atoms with Gasteiger partial charge in [-0.3, -0.25) is 4.98 Å². The van der Waals surface area contributed by atoms with Crippen LogP contribution in [0.5, 0.6) is 0 Å². The quantitative estimate of drug-likeness (QED) is 0.633. The molecule has 1 aromatic rings. The van der Waals surface area contributed by atoms with Gasteiger partial charge in [0.25, 0.3) is 0 Å². The predicted molar refractivity (Wildman–Crippen MR) is 53.3 cm³/mol. The van der Waals surface area contributed by atoms with Crippen molar-refractivity contribution in [3.8, 4) is 0 Å². The predicted octanol–water partition coefficient (Wildman–Crippen LogP) is 2.82. The summed E-state index contributed by atoms with van der Waals surface area (Å²) in [4.78, 5) is 4.40. The molecule has 0 unspecified atom stereocenters. The number of rotatable bonds is 1. The molecule has 0 saturated heterocycles. The van der Waals surface area contributed by atoms with E-state index in [1.54, 1.807) is 5.57 Å². The third-order valence-corrected chi connectivity index (χ3v) is 3.33. The minimum Gasteiger partial charge on any atom is -0.260 e.